The number of carbonyl (C=O) groups excluding carboxylic acids is 6. The quantitative estimate of drug-likeness (QED) is 0.147. The molecule has 0 saturated heterocycles. The van der Waals surface area contributed by atoms with E-state index < -0.39 is 72.3 Å². The summed E-state index contributed by atoms with van der Waals surface area (Å²) in [6.45, 7) is 3.12. The predicted molar refractivity (Wildman–Crippen MR) is 114 cm³/mol. The number of rotatable bonds is 12. The molecule has 0 aliphatic carbocycles. The Balaban J connectivity index is 3.09. The smallest absolute Gasteiger partial charge is 0.277 e. The molecule has 13 nitrogen and oxygen atoms in total. The number of nitrogens with one attached hydrogen (secondary N) is 2. The Labute approximate surface area is 189 Å². The molecule has 0 bridgehead atoms. The molecule has 0 heterocycles. The first-order valence-corrected chi connectivity index (χ1v) is 9.89. The lowest BCUT2D eigenvalue weighted by molar-refractivity contribution is -0.148. The van der Waals surface area contributed by atoms with Gasteiger partial charge in [0.1, 0.15) is 18.1 Å². The summed E-state index contributed by atoms with van der Waals surface area (Å²) in [6, 6.07) is 3.02. The minimum atomic E-state index is -1.75. The molecule has 1 aromatic rings. The van der Waals surface area contributed by atoms with Gasteiger partial charge in [0.05, 0.1) is 12.8 Å². The summed E-state index contributed by atoms with van der Waals surface area (Å²) < 4.78 is 0. The normalized spacial score (nSPS) is 13.3. The summed E-state index contributed by atoms with van der Waals surface area (Å²) in [5.74, 6) is -6.35. The molecule has 33 heavy (non-hydrogen) atoms. The number of carbonyl (C=O) groups is 6. The van der Waals surface area contributed by atoms with Crippen molar-refractivity contribution < 1.29 is 34.0 Å². The zero-order valence-corrected chi connectivity index (χ0v) is 18.2. The predicted octanol–water partition coefficient (Wildman–Crippen LogP) is -2.25. The van der Waals surface area contributed by atoms with Crippen LogP contribution in [0.2, 0.25) is 0 Å². The molecule has 0 fully saturated rings. The van der Waals surface area contributed by atoms with Gasteiger partial charge in [-0.05, 0) is 18.1 Å². The van der Waals surface area contributed by atoms with Crippen LogP contribution in [0.3, 0.4) is 0 Å². The van der Waals surface area contributed by atoms with Crippen molar-refractivity contribution in [1.29, 1.82) is 0 Å². The van der Waals surface area contributed by atoms with Gasteiger partial charge in [0.25, 0.3) is 5.91 Å². The molecular formula is C20H28N6O7. The van der Waals surface area contributed by atoms with E-state index in [1.165, 1.54) is 24.3 Å². The van der Waals surface area contributed by atoms with E-state index in [9.17, 15) is 34.0 Å². The highest BCUT2D eigenvalue weighted by Gasteiger charge is 2.35. The van der Waals surface area contributed by atoms with Crippen LogP contribution < -0.4 is 27.8 Å². The van der Waals surface area contributed by atoms with Gasteiger partial charge in [-0.1, -0.05) is 32.0 Å². The molecule has 1 rings (SSSR count). The van der Waals surface area contributed by atoms with Gasteiger partial charge in [-0.2, -0.15) is 0 Å². The maximum atomic E-state index is 12.9. The number of primary amides is 3. The Bertz CT molecular complexity index is 905. The van der Waals surface area contributed by atoms with Crippen LogP contribution in [0.15, 0.2) is 30.3 Å². The number of hydrogen-bond donors (Lipinski definition) is 6. The molecule has 6 amide bonds. The summed E-state index contributed by atoms with van der Waals surface area (Å²) in [7, 11) is 0. The van der Waals surface area contributed by atoms with Crippen LogP contribution in [0.5, 0.6) is 0 Å². The SMILES string of the molecule is CC(C)[C@H](NC(=O)[C@H](CC(N)=O)N(O)C(=O)c1ccccc1)C(=O)N[C@@H](CC(N)=O)C(N)=O. The molecule has 0 aliphatic heterocycles. The van der Waals surface area contributed by atoms with Crippen molar-refractivity contribution in [2.75, 3.05) is 0 Å². The maximum Gasteiger partial charge on any atom is 0.277 e. The van der Waals surface area contributed by atoms with Gasteiger partial charge in [0, 0.05) is 5.56 Å². The molecule has 0 spiro atoms. The number of benzene rings is 1. The average molecular weight is 464 g/mol. The topological polar surface area (TPSA) is 228 Å². The molecule has 0 aliphatic rings. The lowest BCUT2D eigenvalue weighted by atomic mass is 10.0. The second-order valence-electron chi connectivity index (χ2n) is 7.57. The van der Waals surface area contributed by atoms with Crippen LogP contribution in [-0.2, 0) is 24.0 Å². The molecule has 1 aromatic carbocycles. The van der Waals surface area contributed by atoms with Crippen molar-refractivity contribution in [2.45, 2.75) is 44.8 Å². The van der Waals surface area contributed by atoms with Crippen molar-refractivity contribution in [3.05, 3.63) is 35.9 Å². The highest BCUT2D eigenvalue weighted by atomic mass is 16.5. The highest BCUT2D eigenvalue weighted by molar-refractivity contribution is 5.99. The third-order valence-electron chi connectivity index (χ3n) is 4.53. The number of nitrogens with two attached hydrogens (primary N) is 3. The number of hydroxylamine groups is 2. The Kier molecular flexibility index (Phi) is 9.95. The molecule has 0 saturated carbocycles. The Morgan fingerprint density at radius 1 is 0.879 bits per heavy atom. The third-order valence-corrected chi connectivity index (χ3v) is 4.53. The summed E-state index contributed by atoms with van der Waals surface area (Å²) in [5, 5.41) is 15.0. The molecule has 0 aromatic heterocycles. The molecule has 9 N–H and O–H groups in total. The van der Waals surface area contributed by atoms with Crippen LogP contribution in [0, 0.1) is 5.92 Å². The Hall–Kier alpha value is -4.00. The molecule has 0 unspecified atom stereocenters. The molecule has 3 atom stereocenters. The second kappa shape index (κ2) is 12.1. The first-order chi connectivity index (χ1) is 15.3. The highest BCUT2D eigenvalue weighted by Crippen LogP contribution is 2.11. The van der Waals surface area contributed by atoms with Crippen LogP contribution in [0.1, 0.15) is 37.0 Å². The summed E-state index contributed by atoms with van der Waals surface area (Å²) in [6.07, 6.45) is -1.29. The lowest BCUT2D eigenvalue weighted by Crippen LogP contribution is -2.59. The van der Waals surface area contributed by atoms with Crippen molar-refractivity contribution in [1.82, 2.24) is 15.7 Å². The first-order valence-electron chi connectivity index (χ1n) is 9.89. The first kappa shape index (κ1) is 27.0. The van der Waals surface area contributed by atoms with Crippen molar-refractivity contribution in [3.8, 4) is 0 Å². The van der Waals surface area contributed by atoms with E-state index in [1.54, 1.807) is 19.9 Å². The van der Waals surface area contributed by atoms with E-state index in [2.05, 4.69) is 10.6 Å². The minimum absolute atomic E-state index is 0.0381. The Morgan fingerprint density at radius 2 is 1.42 bits per heavy atom. The van der Waals surface area contributed by atoms with Crippen molar-refractivity contribution >= 4 is 35.4 Å². The minimum Gasteiger partial charge on any atom is -0.370 e. The summed E-state index contributed by atoms with van der Waals surface area (Å²) >= 11 is 0. The van der Waals surface area contributed by atoms with Gasteiger partial charge >= 0.3 is 0 Å². The monoisotopic (exact) mass is 464 g/mol. The Morgan fingerprint density at radius 3 is 1.88 bits per heavy atom. The average Bonchev–Trinajstić information content (AvgIpc) is 2.73. The van der Waals surface area contributed by atoms with E-state index in [4.69, 9.17) is 17.2 Å². The van der Waals surface area contributed by atoms with Crippen LogP contribution in [0.25, 0.3) is 0 Å². The fourth-order valence-corrected chi connectivity index (χ4v) is 2.81. The van der Waals surface area contributed by atoms with Gasteiger partial charge < -0.3 is 27.8 Å². The molecule has 13 heteroatoms. The van der Waals surface area contributed by atoms with Crippen LogP contribution >= 0.6 is 0 Å². The van der Waals surface area contributed by atoms with Gasteiger partial charge in [-0.25, -0.2) is 5.06 Å². The van der Waals surface area contributed by atoms with Gasteiger partial charge in [-0.3, -0.25) is 34.0 Å². The summed E-state index contributed by atoms with van der Waals surface area (Å²) in [5.41, 5.74) is 15.4. The van der Waals surface area contributed by atoms with E-state index >= 15 is 0 Å². The third kappa shape index (κ3) is 8.22. The zero-order valence-electron chi connectivity index (χ0n) is 18.2. The summed E-state index contributed by atoms with van der Waals surface area (Å²) in [4.78, 5) is 72.1. The van der Waals surface area contributed by atoms with E-state index in [0.29, 0.717) is 0 Å². The lowest BCUT2D eigenvalue weighted by Gasteiger charge is -2.28. The van der Waals surface area contributed by atoms with E-state index in [1.807, 2.05) is 0 Å². The fraction of sp³-hybridized carbons (Fsp3) is 0.400. The van der Waals surface area contributed by atoms with E-state index in [-0.39, 0.29) is 10.6 Å². The van der Waals surface area contributed by atoms with Gasteiger partial charge in [0.2, 0.25) is 29.5 Å². The largest absolute Gasteiger partial charge is 0.370 e. The zero-order chi connectivity index (χ0) is 25.3. The fourth-order valence-electron chi connectivity index (χ4n) is 2.81. The van der Waals surface area contributed by atoms with E-state index in [0.717, 1.165) is 0 Å². The maximum absolute atomic E-state index is 12.9. The number of nitrogens with zero attached hydrogens (tertiary/aromatic N) is 1. The van der Waals surface area contributed by atoms with Crippen molar-refractivity contribution in [3.63, 3.8) is 0 Å². The molecule has 0 radical (unpaired) electrons. The van der Waals surface area contributed by atoms with Gasteiger partial charge in [0.15, 0.2) is 0 Å². The van der Waals surface area contributed by atoms with Gasteiger partial charge in [-0.15, -0.1) is 0 Å². The second-order valence-corrected chi connectivity index (χ2v) is 7.57. The van der Waals surface area contributed by atoms with Crippen molar-refractivity contribution in [2.24, 2.45) is 23.1 Å². The number of amides is 6. The van der Waals surface area contributed by atoms with Crippen LogP contribution in [0.4, 0.5) is 0 Å². The standard InChI is InChI=1S/C20H28N6O7/c1-10(2)16(19(31)24-12(17(23)29)8-14(21)27)25-18(30)13(9-15(22)28)26(33)20(32)11-6-4-3-5-7-11/h3-7,10,12-13,16,33H,8-9H2,1-2H3,(H2,21,27)(H2,22,28)(H2,23,29)(H,24,31)(H,25,30)/t12-,13-,16-/m0/s1. The number of hydrogen-bond acceptors (Lipinski definition) is 7. The molecule has 180 valence electrons. The molecular weight excluding hydrogens is 436 g/mol. The van der Waals surface area contributed by atoms with Crippen LogP contribution in [-0.4, -0.2) is 63.8 Å².